The molecule has 0 radical (unpaired) electrons. The lowest BCUT2D eigenvalue weighted by molar-refractivity contribution is -0.385. The maximum absolute atomic E-state index is 12.8. The van der Waals surface area contributed by atoms with Crippen molar-refractivity contribution in [3.8, 4) is 11.5 Å². The average molecular weight is 555 g/mol. The van der Waals surface area contributed by atoms with Crippen molar-refractivity contribution in [2.75, 3.05) is 13.2 Å². The lowest BCUT2D eigenvalue weighted by Crippen LogP contribution is -2.32. The number of aryl methyl sites for hydroxylation is 2. The van der Waals surface area contributed by atoms with Crippen molar-refractivity contribution < 1.29 is 31.9 Å². The Labute approximate surface area is 223 Å². The summed E-state index contributed by atoms with van der Waals surface area (Å²) < 4.78 is 36.2. The third kappa shape index (κ3) is 6.21. The molecule has 1 aliphatic heterocycles. The largest absolute Gasteiger partial charge is 0.491 e. The summed E-state index contributed by atoms with van der Waals surface area (Å²) in [4.78, 5) is 36.5. The number of ether oxygens (including phenoxy) is 1. The minimum absolute atomic E-state index is 0.0635. The first kappa shape index (κ1) is 26.9. The van der Waals surface area contributed by atoms with E-state index in [1.165, 1.54) is 42.5 Å². The molecule has 0 unspecified atom stereocenters. The Morgan fingerprint density at radius 2 is 1.79 bits per heavy atom. The Hall–Kier alpha value is -4.16. The monoisotopic (exact) mass is 554 g/mol. The number of imide groups is 1. The quantitative estimate of drug-likeness (QED) is 0.153. The highest BCUT2D eigenvalue weighted by atomic mass is 32.2. The van der Waals surface area contributed by atoms with Crippen LogP contribution in [0.1, 0.15) is 16.7 Å². The van der Waals surface area contributed by atoms with E-state index >= 15 is 0 Å². The van der Waals surface area contributed by atoms with E-state index in [0.29, 0.717) is 11.3 Å². The Bertz CT molecular complexity index is 1570. The first-order valence-electron chi connectivity index (χ1n) is 11.3. The molecule has 1 saturated heterocycles. The van der Waals surface area contributed by atoms with Crippen molar-refractivity contribution >= 4 is 44.8 Å². The lowest BCUT2D eigenvalue weighted by Gasteiger charge is -2.14. The number of nitro groups is 1. The Kier molecular flexibility index (Phi) is 7.83. The number of benzene rings is 3. The van der Waals surface area contributed by atoms with Crippen molar-refractivity contribution in [3.63, 3.8) is 0 Å². The molecule has 4 rings (SSSR count). The number of amides is 2. The molecule has 0 aromatic heterocycles. The first-order chi connectivity index (χ1) is 18.0. The molecule has 2 amide bonds. The smallest absolute Gasteiger partial charge is 0.339 e. The highest BCUT2D eigenvalue weighted by Gasteiger charge is 2.35. The van der Waals surface area contributed by atoms with Crippen LogP contribution in [0.15, 0.2) is 76.5 Å². The topological polar surface area (TPSA) is 133 Å². The zero-order valence-electron chi connectivity index (χ0n) is 20.3. The van der Waals surface area contributed by atoms with E-state index in [1.54, 1.807) is 6.07 Å². The highest BCUT2D eigenvalue weighted by molar-refractivity contribution is 8.18. The van der Waals surface area contributed by atoms with Gasteiger partial charge in [-0.3, -0.25) is 24.6 Å². The van der Waals surface area contributed by atoms with Crippen LogP contribution in [0.2, 0.25) is 0 Å². The number of nitrogens with zero attached hydrogens (tertiary/aromatic N) is 2. The minimum Gasteiger partial charge on any atom is -0.491 e. The molecule has 0 atom stereocenters. The molecule has 0 aliphatic carbocycles. The van der Waals surface area contributed by atoms with Gasteiger partial charge in [-0.15, -0.1) is 0 Å². The molecule has 0 N–H and O–H groups in total. The summed E-state index contributed by atoms with van der Waals surface area (Å²) in [5.74, 6) is 0.135. The van der Waals surface area contributed by atoms with Gasteiger partial charge in [0.1, 0.15) is 23.0 Å². The van der Waals surface area contributed by atoms with E-state index in [0.717, 1.165) is 33.9 Å². The van der Waals surface area contributed by atoms with E-state index in [2.05, 4.69) is 0 Å². The van der Waals surface area contributed by atoms with Gasteiger partial charge < -0.3 is 8.92 Å². The molecule has 0 spiro atoms. The summed E-state index contributed by atoms with van der Waals surface area (Å²) in [5, 5.41) is 10.5. The second-order valence-corrected chi connectivity index (χ2v) is 10.9. The first-order valence-corrected chi connectivity index (χ1v) is 13.5. The number of non-ortho nitro benzene ring substituents is 1. The molecule has 1 heterocycles. The van der Waals surface area contributed by atoms with E-state index in [1.807, 2.05) is 32.0 Å². The van der Waals surface area contributed by atoms with Gasteiger partial charge in [0.15, 0.2) is 0 Å². The van der Waals surface area contributed by atoms with E-state index < -0.39 is 31.9 Å². The highest BCUT2D eigenvalue weighted by Crippen LogP contribution is 2.33. The number of carbonyl (C=O) groups is 2. The second kappa shape index (κ2) is 11.1. The average Bonchev–Trinajstić information content (AvgIpc) is 3.13. The van der Waals surface area contributed by atoms with Crippen LogP contribution in [0.3, 0.4) is 0 Å². The van der Waals surface area contributed by atoms with Gasteiger partial charge in [-0.05, 0) is 72.6 Å². The summed E-state index contributed by atoms with van der Waals surface area (Å²) in [6, 6.07) is 16.2. The van der Waals surface area contributed by atoms with Crippen LogP contribution in [-0.4, -0.2) is 42.5 Å². The maximum Gasteiger partial charge on any atom is 0.339 e. The number of rotatable bonds is 9. The van der Waals surface area contributed by atoms with Crippen LogP contribution >= 0.6 is 11.8 Å². The summed E-state index contributed by atoms with van der Waals surface area (Å²) in [6.45, 7) is 4.05. The molecule has 0 bridgehead atoms. The third-order valence-electron chi connectivity index (χ3n) is 5.47. The normalized spacial score (nSPS) is 14.7. The van der Waals surface area contributed by atoms with Crippen molar-refractivity contribution in [1.29, 1.82) is 0 Å². The summed E-state index contributed by atoms with van der Waals surface area (Å²) in [6.07, 6.45) is 1.46. The molecule has 196 valence electrons. The standard InChI is InChI=1S/C26H22N2O8S2/c1-17-9-10-18(2)23(13-17)35-12-11-27-25(29)24(37-26(27)30)15-19-5-3-7-21(14-19)36-38(33,34)22-8-4-6-20(16-22)28(31)32/h3-10,13-16H,11-12H2,1-2H3/b24-15-. The van der Waals surface area contributed by atoms with Crippen molar-refractivity contribution in [1.82, 2.24) is 4.90 Å². The number of carbonyl (C=O) groups excluding carboxylic acids is 2. The maximum atomic E-state index is 12.8. The second-order valence-electron chi connectivity index (χ2n) is 8.32. The molecule has 3 aromatic carbocycles. The minimum atomic E-state index is -4.35. The molecule has 1 aliphatic rings. The van der Waals surface area contributed by atoms with Gasteiger partial charge in [-0.2, -0.15) is 8.42 Å². The fraction of sp³-hybridized carbons (Fsp3) is 0.154. The fourth-order valence-electron chi connectivity index (χ4n) is 3.54. The molecule has 0 saturated carbocycles. The molecule has 1 fully saturated rings. The van der Waals surface area contributed by atoms with Crippen LogP contribution in [0.25, 0.3) is 6.08 Å². The number of hydrogen-bond donors (Lipinski definition) is 0. The van der Waals surface area contributed by atoms with Gasteiger partial charge in [0.05, 0.1) is 16.4 Å². The predicted octanol–water partition coefficient (Wildman–Crippen LogP) is 5.09. The number of hydrogen-bond acceptors (Lipinski definition) is 9. The molecular weight excluding hydrogens is 532 g/mol. The van der Waals surface area contributed by atoms with Gasteiger partial charge >= 0.3 is 10.1 Å². The SMILES string of the molecule is Cc1ccc(C)c(OCCN2C(=O)S/C(=C\c3cccc(OS(=O)(=O)c4cccc([N+](=O)[O-])c4)c3)C2=O)c1. The van der Waals surface area contributed by atoms with Crippen molar-refractivity contribution in [2.45, 2.75) is 18.7 Å². The van der Waals surface area contributed by atoms with Crippen LogP contribution in [-0.2, 0) is 14.9 Å². The van der Waals surface area contributed by atoms with Gasteiger partial charge in [0, 0.05) is 12.1 Å². The van der Waals surface area contributed by atoms with Crippen molar-refractivity contribution in [2.24, 2.45) is 0 Å². The lowest BCUT2D eigenvalue weighted by atomic mass is 10.1. The van der Waals surface area contributed by atoms with E-state index in [-0.39, 0.29) is 28.7 Å². The zero-order chi connectivity index (χ0) is 27.4. The molecule has 3 aromatic rings. The fourth-order valence-corrected chi connectivity index (χ4v) is 5.37. The van der Waals surface area contributed by atoms with Gasteiger partial charge in [0.2, 0.25) is 0 Å². The number of nitro benzene ring substituents is 1. The van der Waals surface area contributed by atoms with E-state index in [4.69, 9.17) is 8.92 Å². The van der Waals surface area contributed by atoms with Crippen LogP contribution in [0.4, 0.5) is 10.5 Å². The van der Waals surface area contributed by atoms with Gasteiger partial charge in [-0.25, -0.2) is 0 Å². The zero-order valence-corrected chi connectivity index (χ0v) is 22.0. The van der Waals surface area contributed by atoms with E-state index in [9.17, 15) is 28.1 Å². The summed E-state index contributed by atoms with van der Waals surface area (Å²) in [7, 11) is -4.35. The predicted molar refractivity (Wildman–Crippen MR) is 141 cm³/mol. The molecule has 10 nitrogen and oxygen atoms in total. The Balaban J connectivity index is 1.45. The van der Waals surface area contributed by atoms with Crippen LogP contribution < -0.4 is 8.92 Å². The van der Waals surface area contributed by atoms with Gasteiger partial charge in [0.25, 0.3) is 16.8 Å². The van der Waals surface area contributed by atoms with Crippen LogP contribution in [0, 0.1) is 24.0 Å². The summed E-state index contributed by atoms with van der Waals surface area (Å²) >= 11 is 0.769. The van der Waals surface area contributed by atoms with Crippen molar-refractivity contribution in [3.05, 3.63) is 98.4 Å². The third-order valence-corrected chi connectivity index (χ3v) is 7.62. The molecule has 12 heteroatoms. The van der Waals surface area contributed by atoms with Crippen LogP contribution in [0.5, 0.6) is 11.5 Å². The molecular formula is C26H22N2O8S2. The Morgan fingerprint density at radius 3 is 2.55 bits per heavy atom. The number of thioether (sulfide) groups is 1. The Morgan fingerprint density at radius 1 is 1.03 bits per heavy atom. The summed E-state index contributed by atoms with van der Waals surface area (Å²) in [5.41, 5.74) is 2.01. The van der Waals surface area contributed by atoms with Gasteiger partial charge in [-0.1, -0.05) is 30.3 Å². The molecule has 38 heavy (non-hydrogen) atoms.